The van der Waals surface area contributed by atoms with Crippen molar-refractivity contribution in [1.82, 2.24) is 19.8 Å². The van der Waals surface area contributed by atoms with Crippen molar-refractivity contribution >= 4 is 45.7 Å². The predicted molar refractivity (Wildman–Crippen MR) is 124 cm³/mol. The first-order chi connectivity index (χ1) is 15.6. The number of rotatable bonds is 4. The molecule has 2 aromatic carbocycles. The topological polar surface area (TPSA) is 98.4 Å². The van der Waals surface area contributed by atoms with Crippen molar-refractivity contribution in [1.29, 1.82) is 0 Å². The Morgan fingerprint density at radius 1 is 1.16 bits per heavy atom. The molecule has 3 aromatic rings. The van der Waals surface area contributed by atoms with Gasteiger partial charge < -0.3 is 15.2 Å². The van der Waals surface area contributed by atoms with Gasteiger partial charge in [0.05, 0.1) is 23.3 Å². The summed E-state index contributed by atoms with van der Waals surface area (Å²) < 4.78 is 0. The molecule has 3 heterocycles. The summed E-state index contributed by atoms with van der Waals surface area (Å²) in [5.74, 6) is 1.15. The van der Waals surface area contributed by atoms with E-state index in [1.807, 2.05) is 41.3 Å². The van der Waals surface area contributed by atoms with Gasteiger partial charge in [0, 0.05) is 24.7 Å². The zero-order valence-electron chi connectivity index (χ0n) is 17.4. The minimum Gasteiger partial charge on any atom is -0.342 e. The second-order valence-corrected chi connectivity index (χ2v) is 9.01. The number of thioether (sulfide) groups is 1. The smallest absolute Gasteiger partial charge is 0.321 e. The molecule has 4 amide bonds. The number of anilines is 1. The second-order valence-electron chi connectivity index (χ2n) is 8.09. The molecule has 2 fully saturated rings. The lowest BCUT2D eigenvalue weighted by atomic mass is 9.97. The van der Waals surface area contributed by atoms with Crippen LogP contribution in [0.25, 0.3) is 11.0 Å². The second kappa shape index (κ2) is 8.66. The van der Waals surface area contributed by atoms with Gasteiger partial charge in [-0.2, -0.15) is 0 Å². The summed E-state index contributed by atoms with van der Waals surface area (Å²) in [6.45, 7) is 1.57. The minimum atomic E-state index is -0.212. The molecule has 1 aromatic heterocycles. The average molecular weight is 450 g/mol. The van der Waals surface area contributed by atoms with Crippen molar-refractivity contribution in [2.45, 2.75) is 25.3 Å². The number of piperidine rings is 1. The Hall–Kier alpha value is -3.33. The Labute approximate surface area is 189 Å². The van der Waals surface area contributed by atoms with Crippen LogP contribution in [0.1, 0.15) is 30.1 Å². The zero-order chi connectivity index (χ0) is 22.1. The normalized spacial score (nSPS) is 19.1. The molecule has 9 heteroatoms. The van der Waals surface area contributed by atoms with Gasteiger partial charge in [0.1, 0.15) is 5.82 Å². The number of urea groups is 1. The van der Waals surface area contributed by atoms with Crippen molar-refractivity contribution in [2.75, 3.05) is 24.2 Å². The lowest BCUT2D eigenvalue weighted by Crippen LogP contribution is -2.41. The molecule has 0 spiro atoms. The first-order valence-corrected chi connectivity index (χ1v) is 11.6. The van der Waals surface area contributed by atoms with E-state index < -0.39 is 0 Å². The van der Waals surface area contributed by atoms with E-state index in [2.05, 4.69) is 10.3 Å². The number of imide groups is 1. The molecule has 1 atom stereocenters. The van der Waals surface area contributed by atoms with Gasteiger partial charge in [0.2, 0.25) is 5.91 Å². The Morgan fingerprint density at radius 3 is 2.72 bits per heavy atom. The largest absolute Gasteiger partial charge is 0.342 e. The van der Waals surface area contributed by atoms with Gasteiger partial charge in [-0.25, -0.2) is 9.78 Å². The van der Waals surface area contributed by atoms with Crippen molar-refractivity contribution < 1.29 is 14.4 Å². The van der Waals surface area contributed by atoms with Crippen LogP contribution in [0, 0.1) is 0 Å². The van der Waals surface area contributed by atoms with E-state index in [0.717, 1.165) is 47.0 Å². The number of benzene rings is 2. The van der Waals surface area contributed by atoms with Gasteiger partial charge >= 0.3 is 6.03 Å². The highest BCUT2D eigenvalue weighted by molar-refractivity contribution is 8.14. The summed E-state index contributed by atoms with van der Waals surface area (Å²) in [6.07, 6.45) is 1.91. The molecule has 1 unspecified atom stereocenters. The van der Waals surface area contributed by atoms with Gasteiger partial charge in [-0.05, 0) is 42.7 Å². The molecule has 2 N–H and O–H groups in total. The number of para-hydroxylation sites is 2. The molecule has 32 heavy (non-hydrogen) atoms. The number of imidazole rings is 1. The lowest BCUT2D eigenvalue weighted by Gasteiger charge is -2.31. The highest BCUT2D eigenvalue weighted by Gasteiger charge is 2.30. The highest BCUT2D eigenvalue weighted by Crippen LogP contribution is 2.27. The standard InChI is InChI=1S/C23H23N5O3S/c29-20-14-32-23(31)28(20)12-15-7-9-17(10-8-15)24-22(30)27-11-3-4-16(13-27)21-25-18-5-1-2-6-19(18)26-21/h1-2,5-10,16H,3-4,11-14H2,(H,24,30)(H,25,26). The fourth-order valence-electron chi connectivity index (χ4n) is 4.16. The number of likely N-dealkylation sites (tertiary alicyclic amines) is 1. The van der Waals surface area contributed by atoms with E-state index >= 15 is 0 Å². The SMILES string of the molecule is O=C(Nc1ccc(CN2C(=O)CSC2=O)cc1)N1CCCC(c2nc3ccccc3[nH]2)C1. The van der Waals surface area contributed by atoms with E-state index in [9.17, 15) is 14.4 Å². The number of aromatic amines is 1. The summed E-state index contributed by atoms with van der Waals surface area (Å²) in [6, 6.07) is 15.1. The first-order valence-electron chi connectivity index (χ1n) is 10.6. The zero-order valence-corrected chi connectivity index (χ0v) is 18.2. The van der Waals surface area contributed by atoms with E-state index in [1.54, 1.807) is 12.1 Å². The number of H-pyrrole nitrogens is 1. The quantitative estimate of drug-likeness (QED) is 0.623. The number of nitrogens with one attached hydrogen (secondary N) is 2. The van der Waals surface area contributed by atoms with Gasteiger partial charge in [-0.15, -0.1) is 0 Å². The lowest BCUT2D eigenvalue weighted by molar-refractivity contribution is -0.125. The fourth-order valence-corrected chi connectivity index (χ4v) is 4.89. The van der Waals surface area contributed by atoms with Crippen LogP contribution >= 0.6 is 11.8 Å². The van der Waals surface area contributed by atoms with Gasteiger partial charge in [0.25, 0.3) is 5.24 Å². The van der Waals surface area contributed by atoms with Crippen LogP contribution in [0.2, 0.25) is 0 Å². The molecule has 0 bridgehead atoms. The van der Waals surface area contributed by atoms with E-state index in [-0.39, 0.29) is 35.4 Å². The summed E-state index contributed by atoms with van der Waals surface area (Å²) in [5, 5.41) is 2.74. The third-order valence-corrected chi connectivity index (χ3v) is 6.75. The molecule has 5 rings (SSSR count). The number of hydrogen-bond acceptors (Lipinski definition) is 5. The van der Waals surface area contributed by atoms with Crippen LogP contribution < -0.4 is 5.32 Å². The highest BCUT2D eigenvalue weighted by atomic mass is 32.2. The maximum atomic E-state index is 12.9. The first kappa shape index (κ1) is 20.6. The minimum absolute atomic E-state index is 0.139. The molecular formula is C23H23N5O3S. The van der Waals surface area contributed by atoms with Crippen LogP contribution in [-0.4, -0.2) is 55.8 Å². The molecule has 2 saturated heterocycles. The Bertz CT molecular complexity index is 1130. The summed E-state index contributed by atoms with van der Waals surface area (Å²) in [5.41, 5.74) is 3.48. The monoisotopic (exact) mass is 449 g/mol. The van der Waals surface area contributed by atoms with Crippen LogP contribution in [-0.2, 0) is 11.3 Å². The van der Waals surface area contributed by atoms with Crippen molar-refractivity contribution in [3.8, 4) is 0 Å². The van der Waals surface area contributed by atoms with Crippen LogP contribution in [0.4, 0.5) is 15.3 Å². The molecular weight excluding hydrogens is 426 g/mol. The number of carbonyl (C=O) groups excluding carboxylic acids is 3. The molecule has 2 aliphatic heterocycles. The van der Waals surface area contributed by atoms with E-state index in [0.29, 0.717) is 18.8 Å². The van der Waals surface area contributed by atoms with Crippen LogP contribution in [0.5, 0.6) is 0 Å². The number of carbonyl (C=O) groups is 3. The van der Waals surface area contributed by atoms with Crippen molar-refractivity contribution in [2.24, 2.45) is 0 Å². The molecule has 0 aliphatic carbocycles. The van der Waals surface area contributed by atoms with Crippen molar-refractivity contribution in [3.05, 3.63) is 59.9 Å². The maximum absolute atomic E-state index is 12.9. The number of aromatic nitrogens is 2. The third kappa shape index (κ3) is 4.20. The van der Waals surface area contributed by atoms with Gasteiger partial charge in [0.15, 0.2) is 0 Å². The molecule has 164 valence electrons. The molecule has 0 radical (unpaired) electrons. The Balaban J connectivity index is 1.20. The van der Waals surface area contributed by atoms with E-state index in [4.69, 9.17) is 4.98 Å². The molecule has 0 saturated carbocycles. The van der Waals surface area contributed by atoms with Crippen molar-refractivity contribution in [3.63, 3.8) is 0 Å². The Kier molecular flexibility index (Phi) is 5.57. The number of fused-ring (bicyclic) bond motifs is 1. The Morgan fingerprint density at radius 2 is 1.97 bits per heavy atom. The number of hydrogen-bond donors (Lipinski definition) is 2. The van der Waals surface area contributed by atoms with E-state index in [1.165, 1.54) is 4.90 Å². The average Bonchev–Trinajstić information content (AvgIpc) is 3.39. The van der Waals surface area contributed by atoms with Crippen LogP contribution in [0.3, 0.4) is 0 Å². The summed E-state index contributed by atoms with van der Waals surface area (Å²) in [7, 11) is 0. The number of nitrogens with zero attached hydrogens (tertiary/aromatic N) is 3. The maximum Gasteiger partial charge on any atom is 0.321 e. The van der Waals surface area contributed by atoms with Gasteiger partial charge in [-0.1, -0.05) is 36.0 Å². The summed E-state index contributed by atoms with van der Waals surface area (Å²) >= 11 is 1.03. The molecule has 2 aliphatic rings. The predicted octanol–water partition coefficient (Wildman–Crippen LogP) is 4.17. The molecule has 8 nitrogen and oxygen atoms in total. The fraction of sp³-hybridized carbons (Fsp3) is 0.304. The summed E-state index contributed by atoms with van der Waals surface area (Å²) in [4.78, 5) is 47.6. The number of amides is 4. The van der Waals surface area contributed by atoms with Gasteiger partial charge in [-0.3, -0.25) is 14.5 Å². The third-order valence-electron chi connectivity index (χ3n) is 5.89. The van der Waals surface area contributed by atoms with Crippen LogP contribution in [0.15, 0.2) is 48.5 Å².